The first-order valence-corrected chi connectivity index (χ1v) is 9.95. The summed E-state index contributed by atoms with van der Waals surface area (Å²) in [5.41, 5.74) is 0. The molecule has 6 nitrogen and oxygen atoms in total. The summed E-state index contributed by atoms with van der Waals surface area (Å²) >= 11 is 0. The highest BCUT2D eigenvalue weighted by molar-refractivity contribution is 5.79. The second-order valence-corrected chi connectivity index (χ2v) is 7.44. The molecular formula is C19H36N4O2. The van der Waals surface area contributed by atoms with Crippen LogP contribution < -0.4 is 10.6 Å². The number of carbonyl (C=O) groups excluding carboxylic acids is 1. The molecule has 0 radical (unpaired) electrons. The van der Waals surface area contributed by atoms with Crippen LogP contribution in [0.1, 0.15) is 51.4 Å². The van der Waals surface area contributed by atoms with Gasteiger partial charge in [-0.25, -0.2) is 0 Å². The van der Waals surface area contributed by atoms with E-state index in [0.29, 0.717) is 25.4 Å². The third kappa shape index (κ3) is 7.63. The van der Waals surface area contributed by atoms with E-state index in [0.717, 1.165) is 31.6 Å². The van der Waals surface area contributed by atoms with Gasteiger partial charge >= 0.3 is 0 Å². The number of nitrogens with one attached hydrogen (secondary N) is 2. The summed E-state index contributed by atoms with van der Waals surface area (Å²) in [6.45, 7) is 4.17. The van der Waals surface area contributed by atoms with Crippen molar-refractivity contribution in [2.24, 2.45) is 16.8 Å². The fourth-order valence-corrected chi connectivity index (χ4v) is 3.83. The maximum absolute atomic E-state index is 11.9. The quantitative estimate of drug-likeness (QED) is 0.398. The fraction of sp³-hybridized carbons (Fsp3) is 0.895. The van der Waals surface area contributed by atoms with Crippen molar-refractivity contribution in [1.29, 1.82) is 0 Å². The Bertz CT molecular complexity index is 416. The van der Waals surface area contributed by atoms with E-state index in [9.17, 15) is 4.79 Å². The van der Waals surface area contributed by atoms with Gasteiger partial charge in [-0.1, -0.05) is 12.8 Å². The molecule has 1 amide bonds. The van der Waals surface area contributed by atoms with Crippen molar-refractivity contribution in [3.63, 3.8) is 0 Å². The normalized spacial score (nSPS) is 19.8. The molecule has 144 valence electrons. The first-order chi connectivity index (χ1) is 12.2. The van der Waals surface area contributed by atoms with Gasteiger partial charge in [0.15, 0.2) is 5.96 Å². The molecule has 2 fully saturated rings. The maximum Gasteiger partial charge on any atom is 0.220 e. The van der Waals surface area contributed by atoms with E-state index >= 15 is 0 Å². The van der Waals surface area contributed by atoms with Crippen LogP contribution in [0.4, 0.5) is 0 Å². The minimum Gasteiger partial charge on any atom is -0.381 e. The first-order valence-electron chi connectivity index (χ1n) is 9.95. The number of hydrogen-bond donors (Lipinski definition) is 2. The summed E-state index contributed by atoms with van der Waals surface area (Å²) in [6, 6.07) is 0. The molecule has 1 saturated carbocycles. The van der Waals surface area contributed by atoms with Gasteiger partial charge in [0.25, 0.3) is 0 Å². The summed E-state index contributed by atoms with van der Waals surface area (Å²) in [4.78, 5) is 18.5. The molecule has 6 heteroatoms. The van der Waals surface area contributed by atoms with Crippen LogP contribution in [0, 0.1) is 11.8 Å². The molecular weight excluding hydrogens is 316 g/mol. The second-order valence-electron chi connectivity index (χ2n) is 7.44. The van der Waals surface area contributed by atoms with Crippen LogP contribution in [0.5, 0.6) is 0 Å². The van der Waals surface area contributed by atoms with Crippen LogP contribution in [0.3, 0.4) is 0 Å². The fourth-order valence-electron chi connectivity index (χ4n) is 3.83. The molecule has 0 unspecified atom stereocenters. The number of rotatable bonds is 8. The van der Waals surface area contributed by atoms with Crippen molar-refractivity contribution in [3.05, 3.63) is 0 Å². The van der Waals surface area contributed by atoms with Crippen molar-refractivity contribution in [3.8, 4) is 0 Å². The Kier molecular flexibility index (Phi) is 9.08. The molecule has 0 spiro atoms. The van der Waals surface area contributed by atoms with Gasteiger partial charge in [-0.3, -0.25) is 9.79 Å². The standard InChI is InChI=1S/C19H36N4O2/c1-20-19(23(2)12-7-16-8-13-25-14-9-16)22-11-10-21-18(24)15-17-5-3-4-6-17/h16-17H,3-15H2,1-2H3,(H,20,22)(H,21,24). The summed E-state index contributed by atoms with van der Waals surface area (Å²) in [5.74, 6) is 2.47. The highest BCUT2D eigenvalue weighted by Gasteiger charge is 2.18. The summed E-state index contributed by atoms with van der Waals surface area (Å²) in [5, 5.41) is 6.37. The van der Waals surface area contributed by atoms with Crippen molar-refractivity contribution < 1.29 is 9.53 Å². The Hall–Kier alpha value is -1.30. The van der Waals surface area contributed by atoms with Crippen LogP contribution in [0.15, 0.2) is 4.99 Å². The molecule has 0 aromatic rings. The molecule has 0 atom stereocenters. The van der Waals surface area contributed by atoms with Gasteiger partial charge in [-0.2, -0.15) is 0 Å². The molecule has 2 rings (SSSR count). The monoisotopic (exact) mass is 352 g/mol. The van der Waals surface area contributed by atoms with E-state index in [2.05, 4.69) is 27.6 Å². The summed E-state index contributed by atoms with van der Waals surface area (Å²) in [6.07, 6.45) is 9.23. The van der Waals surface area contributed by atoms with Crippen molar-refractivity contribution in [2.45, 2.75) is 51.4 Å². The van der Waals surface area contributed by atoms with Gasteiger partial charge in [0.1, 0.15) is 0 Å². The van der Waals surface area contributed by atoms with Crippen LogP contribution in [0.25, 0.3) is 0 Å². The van der Waals surface area contributed by atoms with Crippen molar-refractivity contribution >= 4 is 11.9 Å². The molecule has 0 aromatic heterocycles. The number of carbonyl (C=O) groups is 1. The van der Waals surface area contributed by atoms with E-state index in [1.165, 1.54) is 44.9 Å². The minimum atomic E-state index is 0.191. The zero-order valence-corrected chi connectivity index (χ0v) is 16.1. The largest absolute Gasteiger partial charge is 0.381 e. The molecule has 1 saturated heterocycles. The van der Waals surface area contributed by atoms with Gasteiger partial charge in [0.2, 0.25) is 5.91 Å². The van der Waals surface area contributed by atoms with E-state index in [1.807, 2.05) is 7.05 Å². The molecule has 0 aromatic carbocycles. The third-order valence-electron chi connectivity index (χ3n) is 5.47. The number of hydrogen-bond acceptors (Lipinski definition) is 3. The minimum absolute atomic E-state index is 0.191. The van der Waals surface area contributed by atoms with Gasteiger partial charge in [-0.05, 0) is 43.9 Å². The molecule has 1 aliphatic heterocycles. The Morgan fingerprint density at radius 2 is 1.76 bits per heavy atom. The number of aliphatic imine (C=N–C) groups is 1. The Morgan fingerprint density at radius 3 is 2.44 bits per heavy atom. The molecule has 2 aliphatic rings. The lowest BCUT2D eigenvalue weighted by atomic mass is 9.96. The average Bonchev–Trinajstić information content (AvgIpc) is 3.13. The Balaban J connectivity index is 1.56. The van der Waals surface area contributed by atoms with E-state index < -0.39 is 0 Å². The van der Waals surface area contributed by atoms with E-state index in [-0.39, 0.29) is 5.91 Å². The maximum atomic E-state index is 11.9. The lowest BCUT2D eigenvalue weighted by Crippen LogP contribution is -2.43. The zero-order valence-electron chi connectivity index (χ0n) is 16.1. The Labute approximate surface area is 152 Å². The SMILES string of the molecule is CN=C(NCCNC(=O)CC1CCCC1)N(C)CCC1CCOCC1. The number of ether oxygens (including phenoxy) is 1. The summed E-state index contributed by atoms with van der Waals surface area (Å²) < 4.78 is 5.42. The Morgan fingerprint density at radius 1 is 1.08 bits per heavy atom. The van der Waals surface area contributed by atoms with Crippen LogP contribution in [-0.2, 0) is 9.53 Å². The smallest absolute Gasteiger partial charge is 0.220 e. The average molecular weight is 353 g/mol. The van der Waals surface area contributed by atoms with Gasteiger partial charge in [0, 0.05) is 53.4 Å². The predicted molar refractivity (Wildman–Crippen MR) is 102 cm³/mol. The first kappa shape index (κ1) is 20.0. The third-order valence-corrected chi connectivity index (χ3v) is 5.47. The van der Waals surface area contributed by atoms with Crippen molar-refractivity contribution in [1.82, 2.24) is 15.5 Å². The number of nitrogens with zero attached hydrogens (tertiary/aromatic N) is 2. The summed E-state index contributed by atoms with van der Waals surface area (Å²) in [7, 11) is 3.89. The topological polar surface area (TPSA) is 66.0 Å². The lowest BCUT2D eigenvalue weighted by Gasteiger charge is -2.26. The van der Waals surface area contributed by atoms with Gasteiger partial charge in [0.05, 0.1) is 0 Å². The molecule has 2 N–H and O–H groups in total. The molecule has 1 aliphatic carbocycles. The predicted octanol–water partition coefficient (Wildman–Crippen LogP) is 2.01. The second kappa shape index (κ2) is 11.3. The van der Waals surface area contributed by atoms with Crippen LogP contribution in [-0.4, -0.2) is 63.7 Å². The van der Waals surface area contributed by atoms with Crippen LogP contribution in [0.2, 0.25) is 0 Å². The van der Waals surface area contributed by atoms with Gasteiger partial charge < -0.3 is 20.3 Å². The van der Waals surface area contributed by atoms with E-state index in [1.54, 1.807) is 0 Å². The number of guanidine groups is 1. The molecule has 25 heavy (non-hydrogen) atoms. The highest BCUT2D eigenvalue weighted by atomic mass is 16.5. The molecule has 0 bridgehead atoms. The highest BCUT2D eigenvalue weighted by Crippen LogP contribution is 2.27. The van der Waals surface area contributed by atoms with Gasteiger partial charge in [-0.15, -0.1) is 0 Å². The van der Waals surface area contributed by atoms with E-state index in [4.69, 9.17) is 4.74 Å². The number of amides is 1. The van der Waals surface area contributed by atoms with Crippen LogP contribution >= 0.6 is 0 Å². The lowest BCUT2D eigenvalue weighted by molar-refractivity contribution is -0.121. The zero-order chi connectivity index (χ0) is 17.9. The molecule has 1 heterocycles. The van der Waals surface area contributed by atoms with Crippen molar-refractivity contribution in [2.75, 3.05) is 46.9 Å².